The van der Waals surface area contributed by atoms with Crippen molar-refractivity contribution in [2.24, 2.45) is 11.3 Å². The molecule has 16 heavy (non-hydrogen) atoms. The molecular weight excluding hydrogens is 196 g/mol. The van der Waals surface area contributed by atoms with Crippen LogP contribution in [0.2, 0.25) is 0 Å². The largest absolute Gasteiger partial charge is 0.311 e. The van der Waals surface area contributed by atoms with Gasteiger partial charge in [-0.15, -0.1) is 0 Å². The molecule has 2 fully saturated rings. The molecule has 2 rings (SSSR count). The van der Waals surface area contributed by atoms with E-state index >= 15 is 0 Å². The molecule has 2 atom stereocenters. The molecule has 0 aliphatic carbocycles. The summed E-state index contributed by atoms with van der Waals surface area (Å²) >= 11 is 0. The summed E-state index contributed by atoms with van der Waals surface area (Å²) in [6.07, 6.45) is 4.02. The summed E-state index contributed by atoms with van der Waals surface area (Å²) < 4.78 is 0. The highest BCUT2D eigenvalue weighted by molar-refractivity contribution is 5.06. The Morgan fingerprint density at radius 2 is 1.56 bits per heavy atom. The van der Waals surface area contributed by atoms with Crippen LogP contribution in [0.15, 0.2) is 0 Å². The second kappa shape index (κ2) is 3.71. The van der Waals surface area contributed by atoms with Crippen LogP contribution in [0, 0.1) is 11.3 Å². The Balaban J connectivity index is 2.03. The van der Waals surface area contributed by atoms with Crippen molar-refractivity contribution in [1.29, 1.82) is 0 Å². The number of nitrogens with one attached hydrogen (secondary N) is 2. The summed E-state index contributed by atoms with van der Waals surface area (Å²) in [4.78, 5) is 0. The van der Waals surface area contributed by atoms with Gasteiger partial charge in [-0.3, -0.25) is 0 Å². The van der Waals surface area contributed by atoms with Crippen LogP contribution in [0.25, 0.3) is 0 Å². The molecule has 0 aromatic heterocycles. The number of hydrogen-bond donors (Lipinski definition) is 2. The predicted molar refractivity (Wildman–Crippen MR) is 69.6 cm³/mol. The third-order valence-corrected chi connectivity index (χ3v) is 5.11. The highest BCUT2D eigenvalue weighted by Crippen LogP contribution is 2.44. The average Bonchev–Trinajstić information content (AvgIpc) is 2.52. The van der Waals surface area contributed by atoms with Gasteiger partial charge in [0.1, 0.15) is 0 Å². The molecule has 2 N–H and O–H groups in total. The minimum Gasteiger partial charge on any atom is -0.311 e. The Morgan fingerprint density at radius 3 is 2.00 bits per heavy atom. The van der Waals surface area contributed by atoms with Gasteiger partial charge in [0.05, 0.1) is 0 Å². The summed E-state index contributed by atoms with van der Waals surface area (Å²) in [7, 11) is 0. The molecule has 2 saturated heterocycles. The van der Waals surface area contributed by atoms with Crippen LogP contribution in [0.5, 0.6) is 0 Å². The molecule has 0 saturated carbocycles. The molecular formula is C14H28N2. The van der Waals surface area contributed by atoms with Crippen LogP contribution in [0.4, 0.5) is 0 Å². The van der Waals surface area contributed by atoms with Gasteiger partial charge in [0.25, 0.3) is 0 Å². The molecule has 0 aromatic carbocycles. The Morgan fingerprint density at radius 1 is 0.938 bits per heavy atom. The summed E-state index contributed by atoms with van der Waals surface area (Å²) in [6, 6.07) is 0. The Kier molecular flexibility index (Phi) is 2.87. The molecule has 2 heterocycles. The molecule has 2 aliphatic rings. The van der Waals surface area contributed by atoms with Crippen LogP contribution < -0.4 is 10.6 Å². The predicted octanol–water partition coefficient (Wildman–Crippen LogP) is 2.54. The molecule has 94 valence electrons. The molecule has 0 radical (unpaired) electrons. The minimum absolute atomic E-state index is 0.349. The molecule has 2 heteroatoms. The topological polar surface area (TPSA) is 24.1 Å². The first-order valence-corrected chi connectivity index (χ1v) is 6.77. The SMILES string of the molecule is CC(C)C1(C)CC2(CCC(C)(C)NC2)CN1. The van der Waals surface area contributed by atoms with Gasteiger partial charge in [0.15, 0.2) is 0 Å². The standard InChI is InChI=1S/C14H28N2/c1-11(2)13(5)8-14(10-16-13)7-6-12(3,4)15-9-14/h11,15-16H,6-10H2,1-5H3. The van der Waals surface area contributed by atoms with E-state index < -0.39 is 0 Å². The maximum absolute atomic E-state index is 3.78. The summed E-state index contributed by atoms with van der Waals surface area (Å²) in [5.74, 6) is 0.724. The molecule has 0 bridgehead atoms. The maximum Gasteiger partial charge on any atom is 0.0182 e. The van der Waals surface area contributed by atoms with Gasteiger partial charge in [0.2, 0.25) is 0 Å². The highest BCUT2D eigenvalue weighted by Gasteiger charge is 2.48. The van der Waals surface area contributed by atoms with Crippen LogP contribution in [-0.2, 0) is 0 Å². The fourth-order valence-electron chi connectivity index (χ4n) is 3.18. The van der Waals surface area contributed by atoms with Crippen molar-refractivity contribution in [2.45, 2.75) is 65.0 Å². The van der Waals surface area contributed by atoms with Crippen LogP contribution >= 0.6 is 0 Å². The lowest BCUT2D eigenvalue weighted by Gasteiger charge is -2.43. The van der Waals surface area contributed by atoms with E-state index in [1.54, 1.807) is 0 Å². The lowest BCUT2D eigenvalue weighted by Crippen LogP contribution is -2.52. The molecule has 2 nitrogen and oxygen atoms in total. The van der Waals surface area contributed by atoms with Gasteiger partial charge >= 0.3 is 0 Å². The lowest BCUT2D eigenvalue weighted by molar-refractivity contribution is 0.142. The zero-order valence-electron chi connectivity index (χ0n) is 11.6. The molecule has 2 unspecified atom stereocenters. The van der Waals surface area contributed by atoms with E-state index in [4.69, 9.17) is 0 Å². The van der Waals surface area contributed by atoms with E-state index in [9.17, 15) is 0 Å². The summed E-state index contributed by atoms with van der Waals surface area (Å²) in [5, 5.41) is 7.51. The Labute approximate surface area is 101 Å². The minimum atomic E-state index is 0.349. The van der Waals surface area contributed by atoms with Crippen LogP contribution in [-0.4, -0.2) is 24.2 Å². The molecule has 2 aliphatic heterocycles. The second-order valence-corrected chi connectivity index (χ2v) is 7.34. The van der Waals surface area contributed by atoms with Gasteiger partial charge in [0, 0.05) is 24.2 Å². The van der Waals surface area contributed by atoms with E-state index in [-0.39, 0.29) is 0 Å². The molecule has 1 spiro atoms. The van der Waals surface area contributed by atoms with E-state index in [0.29, 0.717) is 16.5 Å². The quantitative estimate of drug-likeness (QED) is 0.715. The first-order valence-electron chi connectivity index (χ1n) is 6.77. The number of rotatable bonds is 1. The van der Waals surface area contributed by atoms with Crippen molar-refractivity contribution in [1.82, 2.24) is 10.6 Å². The fourth-order valence-corrected chi connectivity index (χ4v) is 3.18. The van der Waals surface area contributed by atoms with Gasteiger partial charge in [-0.2, -0.15) is 0 Å². The number of piperidine rings is 1. The monoisotopic (exact) mass is 224 g/mol. The van der Waals surface area contributed by atoms with Crippen molar-refractivity contribution in [2.75, 3.05) is 13.1 Å². The van der Waals surface area contributed by atoms with Crippen molar-refractivity contribution >= 4 is 0 Å². The third-order valence-electron chi connectivity index (χ3n) is 5.11. The molecule has 0 aromatic rings. The summed E-state index contributed by atoms with van der Waals surface area (Å²) in [5.41, 5.74) is 1.22. The normalized spacial score (nSPS) is 43.1. The average molecular weight is 224 g/mol. The van der Waals surface area contributed by atoms with Gasteiger partial charge in [-0.05, 0) is 51.4 Å². The zero-order valence-corrected chi connectivity index (χ0v) is 11.6. The van der Waals surface area contributed by atoms with E-state index in [1.165, 1.54) is 32.4 Å². The Hall–Kier alpha value is -0.0800. The van der Waals surface area contributed by atoms with Crippen molar-refractivity contribution in [3.63, 3.8) is 0 Å². The number of hydrogen-bond acceptors (Lipinski definition) is 2. The van der Waals surface area contributed by atoms with Gasteiger partial charge in [-0.1, -0.05) is 13.8 Å². The highest BCUT2D eigenvalue weighted by atomic mass is 15.1. The van der Waals surface area contributed by atoms with E-state index in [0.717, 1.165) is 5.92 Å². The fraction of sp³-hybridized carbons (Fsp3) is 1.00. The molecule has 0 amide bonds. The van der Waals surface area contributed by atoms with Gasteiger partial charge in [-0.25, -0.2) is 0 Å². The van der Waals surface area contributed by atoms with E-state index in [2.05, 4.69) is 45.3 Å². The second-order valence-electron chi connectivity index (χ2n) is 7.34. The smallest absolute Gasteiger partial charge is 0.0182 e. The first-order chi connectivity index (χ1) is 7.27. The van der Waals surface area contributed by atoms with Crippen molar-refractivity contribution in [3.8, 4) is 0 Å². The third kappa shape index (κ3) is 2.14. The lowest BCUT2D eigenvalue weighted by atomic mass is 9.70. The zero-order chi connectivity index (χ0) is 12.0. The summed E-state index contributed by atoms with van der Waals surface area (Å²) in [6.45, 7) is 14.1. The van der Waals surface area contributed by atoms with Crippen molar-refractivity contribution in [3.05, 3.63) is 0 Å². The first kappa shape index (κ1) is 12.4. The maximum atomic E-state index is 3.78. The van der Waals surface area contributed by atoms with Crippen LogP contribution in [0.3, 0.4) is 0 Å². The van der Waals surface area contributed by atoms with Crippen molar-refractivity contribution < 1.29 is 0 Å². The van der Waals surface area contributed by atoms with E-state index in [1.807, 2.05) is 0 Å². The van der Waals surface area contributed by atoms with Gasteiger partial charge < -0.3 is 10.6 Å². The Bertz CT molecular complexity index is 260. The van der Waals surface area contributed by atoms with Crippen LogP contribution in [0.1, 0.15) is 53.9 Å².